The fourth-order valence-electron chi connectivity index (χ4n) is 3.02. The third-order valence-electron chi connectivity index (χ3n) is 4.31. The van der Waals surface area contributed by atoms with Crippen LogP contribution in [0.1, 0.15) is 11.1 Å². The van der Waals surface area contributed by atoms with Crippen LogP contribution in [0.25, 0.3) is 0 Å². The van der Waals surface area contributed by atoms with Gasteiger partial charge in [-0.3, -0.25) is 9.69 Å². The highest BCUT2D eigenvalue weighted by Gasteiger charge is 2.33. The van der Waals surface area contributed by atoms with Crippen molar-refractivity contribution in [3.05, 3.63) is 63.0 Å². The maximum Gasteiger partial charge on any atom is 0.416 e. The van der Waals surface area contributed by atoms with E-state index in [-0.39, 0.29) is 22.7 Å². The third-order valence-corrected chi connectivity index (χ3v) is 4.67. The number of pyridine rings is 1. The van der Waals surface area contributed by atoms with Gasteiger partial charge in [-0.05, 0) is 17.7 Å². The van der Waals surface area contributed by atoms with Crippen molar-refractivity contribution < 1.29 is 13.2 Å². The number of piperazine rings is 1. The lowest BCUT2D eigenvalue weighted by Crippen LogP contribution is -2.46. The Labute approximate surface area is 147 Å². The zero-order chi connectivity index (χ0) is 18.0. The molecule has 1 aliphatic heterocycles. The third kappa shape index (κ3) is 3.99. The molecule has 1 aromatic heterocycles. The van der Waals surface area contributed by atoms with Crippen LogP contribution in [0.5, 0.6) is 0 Å². The minimum Gasteiger partial charge on any atom is -0.368 e. The number of aromatic nitrogens is 1. The summed E-state index contributed by atoms with van der Waals surface area (Å²) in [6.07, 6.45) is -2.81. The highest BCUT2D eigenvalue weighted by atomic mass is 35.5. The molecule has 0 spiro atoms. The normalized spacial score (nSPS) is 16.2. The summed E-state index contributed by atoms with van der Waals surface area (Å²) in [6.45, 7) is 2.62. The Kier molecular flexibility index (Phi) is 5.06. The first kappa shape index (κ1) is 17.8. The maximum absolute atomic E-state index is 13.1. The average Bonchev–Trinajstić information content (AvgIpc) is 2.58. The monoisotopic (exact) mass is 371 g/mol. The Morgan fingerprint density at radius 3 is 2.44 bits per heavy atom. The summed E-state index contributed by atoms with van der Waals surface area (Å²) in [5.41, 5.74) is -0.00540. The summed E-state index contributed by atoms with van der Waals surface area (Å²) in [4.78, 5) is 18.0. The molecule has 3 rings (SSSR count). The molecule has 0 bridgehead atoms. The van der Waals surface area contributed by atoms with Gasteiger partial charge in [0.05, 0.1) is 11.3 Å². The van der Waals surface area contributed by atoms with Crippen LogP contribution in [0.3, 0.4) is 0 Å². The Morgan fingerprint density at radius 2 is 1.76 bits per heavy atom. The van der Waals surface area contributed by atoms with Gasteiger partial charge in [0, 0.05) is 38.9 Å². The summed E-state index contributed by atoms with van der Waals surface area (Å²) in [5, 5.41) is 0.137. The van der Waals surface area contributed by atoms with Crippen molar-refractivity contribution in [1.82, 2.24) is 9.88 Å². The molecule has 2 heterocycles. The molecule has 0 aliphatic carbocycles. The fraction of sp³-hybridized carbons (Fsp3) is 0.353. The number of rotatable bonds is 3. The summed E-state index contributed by atoms with van der Waals surface area (Å²) >= 11 is 6.04. The molecule has 8 heteroatoms. The number of hydrogen-bond acceptors (Lipinski definition) is 3. The van der Waals surface area contributed by atoms with E-state index in [2.05, 4.69) is 4.98 Å². The number of anilines is 1. The Hall–Kier alpha value is -1.99. The van der Waals surface area contributed by atoms with E-state index in [1.165, 1.54) is 18.3 Å². The van der Waals surface area contributed by atoms with Crippen LogP contribution in [0.15, 0.2) is 41.3 Å². The van der Waals surface area contributed by atoms with Crippen LogP contribution in [0.2, 0.25) is 5.02 Å². The van der Waals surface area contributed by atoms with E-state index in [4.69, 9.17) is 11.6 Å². The fourth-order valence-corrected chi connectivity index (χ4v) is 3.25. The van der Waals surface area contributed by atoms with Gasteiger partial charge in [0.15, 0.2) is 0 Å². The average molecular weight is 372 g/mol. The predicted molar refractivity (Wildman–Crippen MR) is 91.0 cm³/mol. The van der Waals surface area contributed by atoms with Crippen LogP contribution in [0.4, 0.5) is 18.9 Å². The van der Waals surface area contributed by atoms with Crippen molar-refractivity contribution in [2.45, 2.75) is 12.7 Å². The van der Waals surface area contributed by atoms with E-state index in [1.807, 2.05) is 9.80 Å². The summed E-state index contributed by atoms with van der Waals surface area (Å²) in [7, 11) is 0. The van der Waals surface area contributed by atoms with Crippen LogP contribution >= 0.6 is 11.6 Å². The molecule has 1 N–H and O–H groups in total. The number of nitrogens with zero attached hydrogens (tertiary/aromatic N) is 2. The van der Waals surface area contributed by atoms with E-state index in [0.717, 1.165) is 6.07 Å². The van der Waals surface area contributed by atoms with Gasteiger partial charge < -0.3 is 9.88 Å². The molecule has 0 atom stereocenters. The number of H-pyrrole nitrogens is 1. The molecule has 25 heavy (non-hydrogen) atoms. The molecule has 1 fully saturated rings. The first-order valence-corrected chi connectivity index (χ1v) is 8.23. The lowest BCUT2D eigenvalue weighted by atomic mass is 10.1. The van der Waals surface area contributed by atoms with Crippen LogP contribution in [-0.4, -0.2) is 36.1 Å². The van der Waals surface area contributed by atoms with Crippen molar-refractivity contribution in [3.63, 3.8) is 0 Å². The van der Waals surface area contributed by atoms with E-state index in [0.29, 0.717) is 31.9 Å². The molecule has 2 aromatic rings. The standard InChI is InChI=1S/C17H17ClF3N3O/c18-15-14(5-6-22-16(15)25)24-9-7-23(8-10-24)11-12-3-1-2-4-13(12)17(19,20)21/h1-6H,7-11H2,(H,22,25). The van der Waals surface area contributed by atoms with E-state index in [9.17, 15) is 18.0 Å². The second-order valence-corrected chi connectivity index (χ2v) is 6.30. The maximum atomic E-state index is 13.1. The second kappa shape index (κ2) is 7.09. The largest absolute Gasteiger partial charge is 0.416 e. The van der Waals surface area contributed by atoms with Crippen molar-refractivity contribution >= 4 is 17.3 Å². The number of nitrogens with one attached hydrogen (secondary N) is 1. The van der Waals surface area contributed by atoms with Crippen molar-refractivity contribution in [2.24, 2.45) is 0 Å². The van der Waals surface area contributed by atoms with Crippen molar-refractivity contribution in [2.75, 3.05) is 31.1 Å². The molecular formula is C17H17ClF3N3O. The molecule has 1 saturated heterocycles. The summed E-state index contributed by atoms with van der Waals surface area (Å²) in [6, 6.07) is 7.39. The van der Waals surface area contributed by atoms with Gasteiger partial charge in [0.25, 0.3) is 5.56 Å². The number of alkyl halides is 3. The van der Waals surface area contributed by atoms with E-state index in [1.54, 1.807) is 12.1 Å². The molecule has 1 aliphatic rings. The lowest BCUT2D eigenvalue weighted by Gasteiger charge is -2.36. The molecule has 1 aromatic carbocycles. The smallest absolute Gasteiger partial charge is 0.368 e. The van der Waals surface area contributed by atoms with Gasteiger partial charge in [-0.2, -0.15) is 13.2 Å². The summed E-state index contributed by atoms with van der Waals surface area (Å²) in [5.74, 6) is 0. The number of hydrogen-bond donors (Lipinski definition) is 1. The van der Waals surface area contributed by atoms with Crippen LogP contribution < -0.4 is 10.5 Å². The Bertz CT molecular complexity index is 798. The van der Waals surface area contributed by atoms with Crippen molar-refractivity contribution in [1.29, 1.82) is 0 Å². The first-order valence-electron chi connectivity index (χ1n) is 7.86. The van der Waals surface area contributed by atoms with Crippen molar-refractivity contribution in [3.8, 4) is 0 Å². The molecule has 0 unspecified atom stereocenters. The zero-order valence-corrected chi connectivity index (χ0v) is 14.1. The number of benzene rings is 1. The van der Waals surface area contributed by atoms with E-state index < -0.39 is 11.7 Å². The number of aromatic amines is 1. The van der Waals surface area contributed by atoms with Gasteiger partial charge in [-0.15, -0.1) is 0 Å². The topological polar surface area (TPSA) is 39.3 Å². The molecule has 134 valence electrons. The SMILES string of the molecule is O=c1[nH]ccc(N2CCN(Cc3ccccc3C(F)(F)F)CC2)c1Cl. The second-order valence-electron chi connectivity index (χ2n) is 5.92. The van der Waals surface area contributed by atoms with Gasteiger partial charge in [0.1, 0.15) is 5.02 Å². The predicted octanol–water partition coefficient (Wildman–Crippen LogP) is 3.37. The molecule has 0 radical (unpaired) electrons. The van der Waals surface area contributed by atoms with Gasteiger partial charge in [0.2, 0.25) is 0 Å². The zero-order valence-electron chi connectivity index (χ0n) is 13.3. The van der Waals surface area contributed by atoms with Crippen LogP contribution in [-0.2, 0) is 12.7 Å². The van der Waals surface area contributed by atoms with Gasteiger partial charge in [-0.25, -0.2) is 0 Å². The highest BCUT2D eigenvalue weighted by molar-refractivity contribution is 6.33. The van der Waals surface area contributed by atoms with E-state index >= 15 is 0 Å². The molecule has 0 saturated carbocycles. The summed E-state index contributed by atoms with van der Waals surface area (Å²) < 4.78 is 39.3. The Balaban J connectivity index is 1.68. The first-order chi connectivity index (χ1) is 11.9. The van der Waals surface area contributed by atoms with Gasteiger partial charge in [-0.1, -0.05) is 29.8 Å². The molecule has 4 nitrogen and oxygen atoms in total. The Morgan fingerprint density at radius 1 is 1.08 bits per heavy atom. The molecular weight excluding hydrogens is 355 g/mol. The minimum absolute atomic E-state index is 0.137. The minimum atomic E-state index is -4.35. The van der Waals surface area contributed by atoms with Gasteiger partial charge >= 0.3 is 6.18 Å². The highest BCUT2D eigenvalue weighted by Crippen LogP contribution is 2.32. The quantitative estimate of drug-likeness (QED) is 0.899. The lowest BCUT2D eigenvalue weighted by molar-refractivity contribution is -0.138. The molecule has 0 amide bonds. The number of halogens is 4. The van der Waals surface area contributed by atoms with Crippen LogP contribution in [0, 0.1) is 0 Å².